The number of piperidine rings is 1. The first kappa shape index (κ1) is 14.3. The van der Waals surface area contributed by atoms with Crippen molar-refractivity contribution in [1.82, 2.24) is 10.2 Å². The molecule has 0 saturated carbocycles. The van der Waals surface area contributed by atoms with Gasteiger partial charge in [-0.3, -0.25) is 0 Å². The molecule has 0 aromatic carbocycles. The summed E-state index contributed by atoms with van der Waals surface area (Å²) in [5.74, 6) is 0.780. The molecule has 0 radical (unpaired) electrons. The van der Waals surface area contributed by atoms with Crippen molar-refractivity contribution >= 4 is 0 Å². The Kier molecular flexibility index (Phi) is 5.05. The maximum atomic E-state index is 5.50. The van der Waals surface area contributed by atoms with Gasteiger partial charge in [0, 0.05) is 32.3 Å². The number of hydrogen-bond donors (Lipinski definition) is 1. The van der Waals surface area contributed by atoms with Gasteiger partial charge in [0.2, 0.25) is 0 Å². The molecule has 106 valence electrons. The molecule has 2 fully saturated rings. The molecule has 2 atom stereocenters. The van der Waals surface area contributed by atoms with Gasteiger partial charge in [-0.05, 0) is 43.7 Å². The summed E-state index contributed by atoms with van der Waals surface area (Å²) in [7, 11) is 0. The van der Waals surface area contributed by atoms with Gasteiger partial charge < -0.3 is 15.0 Å². The van der Waals surface area contributed by atoms with Crippen LogP contribution in [0.4, 0.5) is 0 Å². The molecule has 0 amide bonds. The van der Waals surface area contributed by atoms with Crippen LogP contribution in [-0.2, 0) is 4.74 Å². The monoisotopic (exact) mass is 254 g/mol. The summed E-state index contributed by atoms with van der Waals surface area (Å²) in [5, 5.41) is 3.62. The first-order valence-electron chi connectivity index (χ1n) is 7.66. The molecule has 2 unspecified atom stereocenters. The van der Waals surface area contributed by atoms with E-state index in [-0.39, 0.29) is 0 Å². The Bertz CT molecular complexity index is 251. The average Bonchev–Trinajstić information content (AvgIpc) is 2.33. The third kappa shape index (κ3) is 3.69. The molecule has 0 aliphatic carbocycles. The minimum absolute atomic E-state index is 0.489. The van der Waals surface area contributed by atoms with E-state index in [9.17, 15) is 0 Å². The van der Waals surface area contributed by atoms with Gasteiger partial charge >= 0.3 is 0 Å². The van der Waals surface area contributed by atoms with Crippen molar-refractivity contribution in [2.45, 2.75) is 46.1 Å². The second-order valence-electron chi connectivity index (χ2n) is 6.59. The number of rotatable bonds is 4. The van der Waals surface area contributed by atoms with Crippen molar-refractivity contribution in [1.29, 1.82) is 0 Å². The molecule has 2 aliphatic heterocycles. The quantitative estimate of drug-likeness (QED) is 0.832. The zero-order chi connectivity index (χ0) is 13.0. The van der Waals surface area contributed by atoms with Gasteiger partial charge in [-0.25, -0.2) is 0 Å². The number of nitrogens with one attached hydrogen (secondary N) is 1. The zero-order valence-corrected chi connectivity index (χ0v) is 12.4. The number of nitrogens with zero attached hydrogens (tertiary/aromatic N) is 1. The van der Waals surface area contributed by atoms with E-state index in [1.54, 1.807) is 0 Å². The molecular weight excluding hydrogens is 224 g/mol. The molecule has 0 aromatic rings. The Morgan fingerprint density at radius 2 is 2.06 bits per heavy atom. The molecule has 0 spiro atoms. The van der Waals surface area contributed by atoms with Crippen LogP contribution in [0.3, 0.4) is 0 Å². The van der Waals surface area contributed by atoms with Gasteiger partial charge in [0.05, 0.1) is 0 Å². The highest BCUT2D eigenvalue weighted by Crippen LogP contribution is 2.32. The third-order valence-corrected chi connectivity index (χ3v) is 4.76. The number of likely N-dealkylation sites (tertiary alicyclic amines) is 1. The van der Waals surface area contributed by atoms with Gasteiger partial charge in [0.15, 0.2) is 0 Å². The van der Waals surface area contributed by atoms with Crippen LogP contribution in [0.2, 0.25) is 0 Å². The maximum Gasteiger partial charge on any atom is 0.0471 e. The second kappa shape index (κ2) is 6.36. The van der Waals surface area contributed by atoms with Gasteiger partial charge in [-0.2, -0.15) is 0 Å². The molecule has 2 saturated heterocycles. The molecule has 3 heteroatoms. The van der Waals surface area contributed by atoms with E-state index in [1.807, 2.05) is 0 Å². The Hall–Kier alpha value is -0.120. The fraction of sp³-hybridized carbons (Fsp3) is 1.00. The summed E-state index contributed by atoms with van der Waals surface area (Å²) >= 11 is 0. The van der Waals surface area contributed by atoms with E-state index in [1.165, 1.54) is 38.9 Å². The highest BCUT2D eigenvalue weighted by molar-refractivity contribution is 4.87. The fourth-order valence-electron chi connectivity index (χ4n) is 3.50. The number of hydrogen-bond acceptors (Lipinski definition) is 3. The summed E-state index contributed by atoms with van der Waals surface area (Å²) in [6.45, 7) is 13.8. The summed E-state index contributed by atoms with van der Waals surface area (Å²) in [6, 6.07) is 0.730. The predicted octanol–water partition coefficient (Wildman–Crippen LogP) is 2.12. The lowest BCUT2D eigenvalue weighted by Crippen LogP contribution is -2.51. The molecule has 3 nitrogen and oxygen atoms in total. The van der Waals surface area contributed by atoms with Crippen LogP contribution < -0.4 is 5.32 Å². The first-order valence-corrected chi connectivity index (χ1v) is 7.66. The van der Waals surface area contributed by atoms with Crippen molar-refractivity contribution in [3.63, 3.8) is 0 Å². The summed E-state index contributed by atoms with van der Waals surface area (Å²) in [4.78, 5) is 2.68. The standard InChI is InChI=1S/C15H30N2O/c1-4-16-14-5-8-17(11-13(14)2)12-15(3)6-9-18-10-7-15/h13-14,16H,4-12H2,1-3H3. The van der Waals surface area contributed by atoms with Crippen molar-refractivity contribution in [2.75, 3.05) is 39.4 Å². The molecule has 0 bridgehead atoms. The van der Waals surface area contributed by atoms with Crippen molar-refractivity contribution in [2.24, 2.45) is 11.3 Å². The molecule has 2 rings (SSSR count). The average molecular weight is 254 g/mol. The van der Waals surface area contributed by atoms with Crippen LogP contribution in [-0.4, -0.2) is 50.3 Å². The Labute approximate surface area is 112 Å². The minimum atomic E-state index is 0.489. The normalized spacial score (nSPS) is 33.5. The Morgan fingerprint density at radius 3 is 2.67 bits per heavy atom. The van der Waals surface area contributed by atoms with Crippen LogP contribution in [0.5, 0.6) is 0 Å². The Morgan fingerprint density at radius 1 is 1.33 bits per heavy atom. The van der Waals surface area contributed by atoms with Gasteiger partial charge in [-0.1, -0.05) is 20.8 Å². The van der Waals surface area contributed by atoms with E-state index in [2.05, 4.69) is 31.0 Å². The highest BCUT2D eigenvalue weighted by atomic mass is 16.5. The maximum absolute atomic E-state index is 5.50. The van der Waals surface area contributed by atoms with E-state index >= 15 is 0 Å². The second-order valence-corrected chi connectivity index (χ2v) is 6.59. The van der Waals surface area contributed by atoms with Crippen LogP contribution in [0.1, 0.15) is 40.0 Å². The first-order chi connectivity index (χ1) is 8.63. The largest absolute Gasteiger partial charge is 0.381 e. The van der Waals surface area contributed by atoms with E-state index in [0.717, 1.165) is 31.7 Å². The summed E-state index contributed by atoms with van der Waals surface area (Å²) in [6.07, 6.45) is 3.77. The third-order valence-electron chi connectivity index (χ3n) is 4.76. The van der Waals surface area contributed by atoms with Crippen molar-refractivity contribution in [3.05, 3.63) is 0 Å². The predicted molar refractivity (Wildman–Crippen MR) is 75.8 cm³/mol. The lowest BCUT2D eigenvalue weighted by atomic mass is 9.81. The van der Waals surface area contributed by atoms with Gasteiger partial charge in [-0.15, -0.1) is 0 Å². The fourth-order valence-corrected chi connectivity index (χ4v) is 3.50. The molecule has 18 heavy (non-hydrogen) atoms. The van der Waals surface area contributed by atoms with E-state index < -0.39 is 0 Å². The SMILES string of the molecule is CCNC1CCN(CC2(C)CCOCC2)CC1C. The summed E-state index contributed by atoms with van der Waals surface area (Å²) < 4.78 is 5.50. The molecular formula is C15H30N2O. The zero-order valence-electron chi connectivity index (χ0n) is 12.4. The highest BCUT2D eigenvalue weighted by Gasteiger charge is 2.32. The van der Waals surface area contributed by atoms with Crippen LogP contribution in [0.25, 0.3) is 0 Å². The Balaban J connectivity index is 1.81. The van der Waals surface area contributed by atoms with Crippen LogP contribution >= 0.6 is 0 Å². The van der Waals surface area contributed by atoms with Crippen LogP contribution in [0.15, 0.2) is 0 Å². The van der Waals surface area contributed by atoms with E-state index in [4.69, 9.17) is 4.74 Å². The van der Waals surface area contributed by atoms with Crippen molar-refractivity contribution < 1.29 is 4.74 Å². The van der Waals surface area contributed by atoms with Crippen molar-refractivity contribution in [3.8, 4) is 0 Å². The van der Waals surface area contributed by atoms with Gasteiger partial charge in [0.25, 0.3) is 0 Å². The molecule has 2 heterocycles. The number of ether oxygens (including phenoxy) is 1. The van der Waals surface area contributed by atoms with E-state index in [0.29, 0.717) is 5.41 Å². The topological polar surface area (TPSA) is 24.5 Å². The minimum Gasteiger partial charge on any atom is -0.381 e. The van der Waals surface area contributed by atoms with Gasteiger partial charge in [0.1, 0.15) is 0 Å². The lowest BCUT2D eigenvalue weighted by Gasteiger charge is -2.43. The molecule has 0 aromatic heterocycles. The lowest BCUT2D eigenvalue weighted by molar-refractivity contribution is -0.00371. The smallest absolute Gasteiger partial charge is 0.0471 e. The molecule has 2 aliphatic rings. The summed E-state index contributed by atoms with van der Waals surface area (Å²) in [5.41, 5.74) is 0.489. The molecule has 1 N–H and O–H groups in total. The van der Waals surface area contributed by atoms with Crippen LogP contribution in [0, 0.1) is 11.3 Å².